The Bertz CT molecular complexity index is 1350. The third-order valence-corrected chi connectivity index (χ3v) is 10.8. The van der Waals surface area contributed by atoms with Gasteiger partial charge in [-0.2, -0.15) is 0 Å². The molecular formula is C42H64O9. The van der Waals surface area contributed by atoms with E-state index in [1.54, 1.807) is 25.3 Å². The predicted molar refractivity (Wildman–Crippen MR) is 197 cm³/mol. The van der Waals surface area contributed by atoms with Crippen LogP contribution in [0.15, 0.2) is 36.4 Å². The minimum atomic E-state index is -1.93. The van der Waals surface area contributed by atoms with Crippen LogP contribution in [0.1, 0.15) is 133 Å². The second-order valence-corrected chi connectivity index (χ2v) is 14.7. The number of rotatable bonds is 21. The van der Waals surface area contributed by atoms with Gasteiger partial charge in [-0.1, -0.05) is 59.4 Å². The SMILES string of the molecule is CCCCOCC1OC(O)(c2ccc(OC)c(C(O)c3ccc4c(c3)CCC3(CCC3)O4)c2)[C@H](OCCCC)C(OCCCC)[C@@H]1OCCCC. The zero-order valence-corrected chi connectivity index (χ0v) is 31.8. The Balaban J connectivity index is 1.52. The van der Waals surface area contributed by atoms with E-state index in [4.69, 9.17) is 33.2 Å². The van der Waals surface area contributed by atoms with Crippen molar-refractivity contribution in [3.05, 3.63) is 58.7 Å². The van der Waals surface area contributed by atoms with Gasteiger partial charge < -0.3 is 43.4 Å². The molecule has 0 bridgehead atoms. The Kier molecular flexibility index (Phi) is 15.0. The Morgan fingerprint density at radius 2 is 1.47 bits per heavy atom. The van der Waals surface area contributed by atoms with E-state index in [0.717, 1.165) is 93.9 Å². The lowest BCUT2D eigenvalue weighted by molar-refractivity contribution is -0.375. The molecule has 1 saturated heterocycles. The molecule has 0 radical (unpaired) electrons. The lowest BCUT2D eigenvalue weighted by atomic mass is 9.74. The number of aliphatic hydroxyl groups is 2. The molecule has 51 heavy (non-hydrogen) atoms. The molecule has 2 N–H and O–H groups in total. The summed E-state index contributed by atoms with van der Waals surface area (Å²) < 4.78 is 44.8. The van der Waals surface area contributed by atoms with Gasteiger partial charge in [-0.25, -0.2) is 0 Å². The largest absolute Gasteiger partial charge is 0.496 e. The van der Waals surface area contributed by atoms with Gasteiger partial charge >= 0.3 is 0 Å². The highest BCUT2D eigenvalue weighted by atomic mass is 16.7. The summed E-state index contributed by atoms with van der Waals surface area (Å²) in [4.78, 5) is 0. The first-order chi connectivity index (χ1) is 24.8. The number of aryl methyl sites for hydroxylation is 1. The van der Waals surface area contributed by atoms with E-state index in [9.17, 15) is 10.2 Å². The van der Waals surface area contributed by atoms with Crippen LogP contribution in [0.2, 0.25) is 0 Å². The molecule has 1 aliphatic carbocycles. The molecule has 0 aromatic heterocycles. The van der Waals surface area contributed by atoms with Crippen molar-refractivity contribution in [2.24, 2.45) is 0 Å². The van der Waals surface area contributed by atoms with Crippen LogP contribution in [0.3, 0.4) is 0 Å². The third-order valence-electron chi connectivity index (χ3n) is 10.8. The number of aliphatic hydroxyl groups excluding tert-OH is 1. The number of methoxy groups -OCH3 is 1. The fourth-order valence-corrected chi connectivity index (χ4v) is 7.44. The Hall–Kier alpha value is -2.24. The van der Waals surface area contributed by atoms with E-state index in [1.165, 1.54) is 6.42 Å². The molecule has 2 heterocycles. The number of hydrogen-bond donors (Lipinski definition) is 2. The summed E-state index contributed by atoms with van der Waals surface area (Å²) in [5.41, 5.74) is 2.79. The highest BCUT2D eigenvalue weighted by Crippen LogP contribution is 2.47. The van der Waals surface area contributed by atoms with Crippen LogP contribution in [-0.2, 0) is 35.9 Å². The normalized spacial score (nSPS) is 25.9. The number of ether oxygens (including phenoxy) is 7. The third kappa shape index (κ3) is 9.47. The Morgan fingerprint density at radius 3 is 2.12 bits per heavy atom. The minimum absolute atomic E-state index is 0.00702. The van der Waals surface area contributed by atoms with Gasteiger partial charge in [0.05, 0.1) is 13.7 Å². The van der Waals surface area contributed by atoms with Crippen molar-refractivity contribution >= 4 is 0 Å². The molecule has 2 aliphatic heterocycles. The van der Waals surface area contributed by atoms with Crippen LogP contribution in [0.4, 0.5) is 0 Å². The first-order valence-electron chi connectivity index (χ1n) is 19.8. The minimum Gasteiger partial charge on any atom is -0.496 e. The topological polar surface area (TPSA) is 105 Å². The van der Waals surface area contributed by atoms with Crippen molar-refractivity contribution in [1.82, 2.24) is 0 Å². The standard InChI is InChI=1S/C42H64O9/c1-6-10-23-46-29-36-38(47-24-11-7-2)39(48-25-12-8-3)40(49-26-13-9-4)42(44,51-36)32-16-18-35(45-5)33(28-32)37(43)31-15-17-34-30(27-31)19-22-41(50-34)20-14-21-41/h15-18,27-28,36-40,43-44H,6-14,19-26,29H2,1-5H3/t36?,37?,38-,39?,40-,42?/m1/s1. The molecule has 2 fully saturated rings. The summed E-state index contributed by atoms with van der Waals surface area (Å²) in [6.07, 6.45) is 9.04. The molecule has 0 amide bonds. The lowest BCUT2D eigenvalue weighted by Gasteiger charge is -2.50. The van der Waals surface area contributed by atoms with Crippen LogP contribution >= 0.6 is 0 Å². The summed E-state index contributed by atoms with van der Waals surface area (Å²) in [6, 6.07) is 11.3. The average Bonchev–Trinajstić information content (AvgIpc) is 3.13. The Morgan fingerprint density at radius 1 is 0.804 bits per heavy atom. The van der Waals surface area contributed by atoms with Gasteiger partial charge in [0.2, 0.25) is 5.79 Å². The molecule has 3 aliphatic rings. The number of unbranched alkanes of at least 4 members (excludes halogenated alkanes) is 4. The molecule has 6 atom stereocenters. The fraction of sp³-hybridized carbons (Fsp3) is 0.714. The number of fused-ring (bicyclic) bond motifs is 1. The zero-order chi connectivity index (χ0) is 36.3. The number of benzene rings is 2. The van der Waals surface area contributed by atoms with E-state index >= 15 is 0 Å². The molecule has 9 nitrogen and oxygen atoms in total. The molecular weight excluding hydrogens is 648 g/mol. The second kappa shape index (κ2) is 19.2. The van der Waals surface area contributed by atoms with Crippen molar-refractivity contribution in [2.45, 2.75) is 153 Å². The van der Waals surface area contributed by atoms with Crippen LogP contribution in [0.25, 0.3) is 0 Å². The first kappa shape index (κ1) is 40.0. The van der Waals surface area contributed by atoms with Crippen molar-refractivity contribution in [2.75, 3.05) is 40.1 Å². The van der Waals surface area contributed by atoms with Crippen molar-refractivity contribution < 1.29 is 43.4 Å². The summed E-state index contributed by atoms with van der Waals surface area (Å²) in [5.74, 6) is -0.519. The highest BCUT2D eigenvalue weighted by molar-refractivity contribution is 5.47. The van der Waals surface area contributed by atoms with E-state index < -0.39 is 36.3 Å². The molecule has 2 aromatic rings. The van der Waals surface area contributed by atoms with Crippen molar-refractivity contribution in [3.8, 4) is 11.5 Å². The van der Waals surface area contributed by atoms with Gasteiger partial charge in [0.1, 0.15) is 47.6 Å². The van der Waals surface area contributed by atoms with Crippen LogP contribution in [0.5, 0.6) is 11.5 Å². The molecule has 2 aromatic carbocycles. The average molecular weight is 713 g/mol. The van der Waals surface area contributed by atoms with E-state index in [2.05, 4.69) is 27.7 Å². The molecule has 4 unspecified atom stereocenters. The maximum Gasteiger partial charge on any atom is 0.222 e. The summed E-state index contributed by atoms with van der Waals surface area (Å²) in [5, 5.41) is 24.8. The van der Waals surface area contributed by atoms with Gasteiger partial charge in [0.15, 0.2) is 0 Å². The fourth-order valence-electron chi connectivity index (χ4n) is 7.44. The smallest absolute Gasteiger partial charge is 0.222 e. The van der Waals surface area contributed by atoms with Crippen LogP contribution < -0.4 is 9.47 Å². The molecule has 9 heteroatoms. The maximum atomic E-state index is 12.9. The van der Waals surface area contributed by atoms with Crippen molar-refractivity contribution in [3.63, 3.8) is 0 Å². The van der Waals surface area contributed by atoms with Gasteiger partial charge in [-0.05, 0) is 99.2 Å². The quantitative estimate of drug-likeness (QED) is 0.125. The van der Waals surface area contributed by atoms with Gasteiger partial charge in [0, 0.05) is 37.6 Å². The van der Waals surface area contributed by atoms with Gasteiger partial charge in [-0.15, -0.1) is 0 Å². The first-order valence-corrected chi connectivity index (χ1v) is 19.8. The molecule has 1 spiro atoms. The van der Waals surface area contributed by atoms with Crippen LogP contribution in [-0.4, -0.2) is 80.4 Å². The summed E-state index contributed by atoms with van der Waals surface area (Å²) in [6.45, 7) is 10.8. The number of hydrogen-bond acceptors (Lipinski definition) is 9. The van der Waals surface area contributed by atoms with E-state index in [0.29, 0.717) is 43.3 Å². The molecule has 5 rings (SSSR count). The zero-order valence-electron chi connectivity index (χ0n) is 31.8. The van der Waals surface area contributed by atoms with Crippen molar-refractivity contribution in [1.29, 1.82) is 0 Å². The molecule has 286 valence electrons. The monoisotopic (exact) mass is 712 g/mol. The predicted octanol–water partition coefficient (Wildman–Crippen LogP) is 7.94. The highest BCUT2D eigenvalue weighted by Gasteiger charge is 2.57. The summed E-state index contributed by atoms with van der Waals surface area (Å²) >= 11 is 0. The second-order valence-electron chi connectivity index (χ2n) is 14.7. The molecule has 1 saturated carbocycles. The maximum absolute atomic E-state index is 12.9. The van der Waals surface area contributed by atoms with Crippen LogP contribution in [0, 0.1) is 0 Å². The van der Waals surface area contributed by atoms with E-state index in [1.807, 2.05) is 18.2 Å². The lowest BCUT2D eigenvalue weighted by Crippen LogP contribution is -2.66. The van der Waals surface area contributed by atoms with Gasteiger partial charge in [-0.3, -0.25) is 0 Å². The van der Waals surface area contributed by atoms with E-state index in [-0.39, 0.29) is 12.2 Å². The Labute approximate surface area is 306 Å². The van der Waals surface area contributed by atoms with Gasteiger partial charge in [0.25, 0.3) is 0 Å². The summed E-state index contributed by atoms with van der Waals surface area (Å²) in [7, 11) is 1.59.